The summed E-state index contributed by atoms with van der Waals surface area (Å²) >= 11 is 3.48. The number of carbonyl (C=O) groups excluding carboxylic acids is 1. The number of benzene rings is 3. The topological polar surface area (TPSA) is 56.8 Å². The summed E-state index contributed by atoms with van der Waals surface area (Å²) in [6.07, 6.45) is 0.939. The van der Waals surface area contributed by atoms with Crippen molar-refractivity contribution in [3.63, 3.8) is 0 Å². The predicted molar refractivity (Wildman–Crippen MR) is 125 cm³/mol. The molecule has 3 aromatic rings. The Labute approximate surface area is 191 Å². The van der Waals surface area contributed by atoms with Gasteiger partial charge in [-0.1, -0.05) is 70.5 Å². The van der Waals surface area contributed by atoms with Crippen LogP contribution in [0.25, 0.3) is 0 Å². The van der Waals surface area contributed by atoms with Crippen LogP contribution in [0.2, 0.25) is 0 Å². The third kappa shape index (κ3) is 6.25. The molecule has 0 saturated carbocycles. The highest BCUT2D eigenvalue weighted by Gasteiger charge is 2.16. The van der Waals surface area contributed by atoms with Crippen molar-refractivity contribution in [3.8, 4) is 17.2 Å². The lowest BCUT2D eigenvalue weighted by Crippen LogP contribution is -2.27. The predicted octanol–water partition coefficient (Wildman–Crippen LogP) is 4.95. The molecule has 0 saturated heterocycles. The number of carbonyl (C=O) groups is 1. The SMILES string of the molecule is COc1c(CCNC(=O)Cc2ccccc2Br)ccc(OCc2ccccc2)c1OC. The first kappa shape index (κ1) is 22.7. The van der Waals surface area contributed by atoms with E-state index in [-0.39, 0.29) is 5.91 Å². The number of nitrogens with one attached hydrogen (secondary N) is 1. The smallest absolute Gasteiger partial charge is 0.224 e. The molecule has 1 amide bonds. The molecule has 6 heteroatoms. The fourth-order valence-electron chi connectivity index (χ4n) is 3.26. The van der Waals surface area contributed by atoms with E-state index in [0.717, 1.165) is 21.2 Å². The first-order valence-corrected chi connectivity index (χ1v) is 10.8. The van der Waals surface area contributed by atoms with Gasteiger partial charge < -0.3 is 19.5 Å². The molecule has 3 rings (SSSR count). The fourth-order valence-corrected chi connectivity index (χ4v) is 3.69. The van der Waals surface area contributed by atoms with Crippen LogP contribution in [0.5, 0.6) is 17.2 Å². The zero-order chi connectivity index (χ0) is 22.1. The van der Waals surface area contributed by atoms with Crippen LogP contribution in [0, 0.1) is 0 Å². The van der Waals surface area contributed by atoms with E-state index >= 15 is 0 Å². The zero-order valence-corrected chi connectivity index (χ0v) is 19.3. The van der Waals surface area contributed by atoms with Crippen molar-refractivity contribution in [1.29, 1.82) is 0 Å². The van der Waals surface area contributed by atoms with Gasteiger partial charge >= 0.3 is 0 Å². The van der Waals surface area contributed by atoms with E-state index in [9.17, 15) is 4.79 Å². The van der Waals surface area contributed by atoms with E-state index in [1.54, 1.807) is 14.2 Å². The molecule has 0 heterocycles. The molecule has 0 radical (unpaired) electrons. The average Bonchev–Trinajstić information content (AvgIpc) is 2.79. The van der Waals surface area contributed by atoms with Crippen molar-refractivity contribution in [2.45, 2.75) is 19.4 Å². The standard InChI is InChI=1S/C25H26BrNO4/c1-29-24-19(14-15-27-23(28)16-20-10-6-7-11-21(20)26)12-13-22(25(24)30-2)31-17-18-8-4-3-5-9-18/h3-13H,14-17H2,1-2H3,(H,27,28). The molecule has 5 nitrogen and oxygen atoms in total. The highest BCUT2D eigenvalue weighted by Crippen LogP contribution is 2.40. The second-order valence-corrected chi connectivity index (χ2v) is 7.79. The van der Waals surface area contributed by atoms with Crippen molar-refractivity contribution in [3.05, 3.63) is 87.9 Å². The van der Waals surface area contributed by atoms with Crippen molar-refractivity contribution in [1.82, 2.24) is 5.32 Å². The molecule has 0 bridgehead atoms. The van der Waals surface area contributed by atoms with Gasteiger partial charge in [-0.2, -0.15) is 0 Å². The summed E-state index contributed by atoms with van der Waals surface area (Å²) in [5, 5.41) is 2.97. The Morgan fingerprint density at radius 1 is 0.871 bits per heavy atom. The highest BCUT2D eigenvalue weighted by atomic mass is 79.9. The summed E-state index contributed by atoms with van der Waals surface area (Å²) in [5.74, 6) is 1.76. The highest BCUT2D eigenvalue weighted by molar-refractivity contribution is 9.10. The minimum Gasteiger partial charge on any atom is -0.492 e. The summed E-state index contributed by atoms with van der Waals surface area (Å²) in [7, 11) is 3.20. The molecule has 0 aromatic heterocycles. The van der Waals surface area contributed by atoms with E-state index in [4.69, 9.17) is 14.2 Å². The van der Waals surface area contributed by atoms with Gasteiger partial charge in [0.15, 0.2) is 11.5 Å². The van der Waals surface area contributed by atoms with Crippen LogP contribution in [-0.4, -0.2) is 26.7 Å². The summed E-state index contributed by atoms with van der Waals surface area (Å²) in [6.45, 7) is 0.928. The molecule has 0 aliphatic heterocycles. The van der Waals surface area contributed by atoms with Gasteiger partial charge in [-0.05, 0) is 29.7 Å². The maximum atomic E-state index is 12.3. The molecule has 0 aliphatic rings. The van der Waals surface area contributed by atoms with E-state index < -0.39 is 0 Å². The molecule has 0 spiro atoms. The largest absolute Gasteiger partial charge is 0.492 e. The molecule has 0 atom stereocenters. The van der Waals surface area contributed by atoms with Crippen LogP contribution in [0.1, 0.15) is 16.7 Å². The fraction of sp³-hybridized carbons (Fsp3) is 0.240. The van der Waals surface area contributed by atoms with Gasteiger partial charge in [0.25, 0.3) is 0 Å². The molecule has 0 unspecified atom stereocenters. The number of amides is 1. The summed E-state index contributed by atoms with van der Waals surface area (Å²) in [6, 6.07) is 21.5. The molecular weight excluding hydrogens is 458 g/mol. The Kier molecular flexibility index (Phi) is 8.35. The Balaban J connectivity index is 1.61. The third-order valence-corrected chi connectivity index (χ3v) is 5.60. The van der Waals surface area contributed by atoms with Gasteiger partial charge in [0.1, 0.15) is 6.61 Å². The number of hydrogen-bond acceptors (Lipinski definition) is 4. The number of halogens is 1. The van der Waals surface area contributed by atoms with Gasteiger partial charge in [-0.25, -0.2) is 0 Å². The van der Waals surface area contributed by atoms with Crippen LogP contribution in [0.3, 0.4) is 0 Å². The summed E-state index contributed by atoms with van der Waals surface area (Å²) in [5.41, 5.74) is 2.96. The van der Waals surface area contributed by atoms with Crippen molar-refractivity contribution in [2.24, 2.45) is 0 Å². The van der Waals surface area contributed by atoms with Crippen LogP contribution >= 0.6 is 15.9 Å². The Morgan fingerprint density at radius 3 is 2.29 bits per heavy atom. The first-order chi connectivity index (χ1) is 15.1. The normalized spacial score (nSPS) is 10.4. The van der Waals surface area contributed by atoms with Crippen LogP contribution in [-0.2, 0) is 24.2 Å². The molecule has 1 N–H and O–H groups in total. The maximum Gasteiger partial charge on any atom is 0.224 e. The monoisotopic (exact) mass is 483 g/mol. The summed E-state index contributed by atoms with van der Waals surface area (Å²) < 4.78 is 18.1. The van der Waals surface area contributed by atoms with Crippen LogP contribution in [0.15, 0.2) is 71.2 Å². The first-order valence-electron chi connectivity index (χ1n) is 10.0. The molecule has 31 heavy (non-hydrogen) atoms. The quantitative estimate of drug-likeness (QED) is 0.443. The number of methoxy groups -OCH3 is 2. The molecular formula is C25H26BrNO4. The Hall–Kier alpha value is -2.99. The minimum absolute atomic E-state index is 0.0272. The van der Waals surface area contributed by atoms with Gasteiger partial charge in [-0.3, -0.25) is 4.79 Å². The third-order valence-electron chi connectivity index (χ3n) is 4.83. The van der Waals surface area contributed by atoms with Gasteiger partial charge in [-0.15, -0.1) is 0 Å². The van der Waals surface area contributed by atoms with Crippen molar-refractivity contribution >= 4 is 21.8 Å². The Morgan fingerprint density at radius 2 is 1.58 bits per heavy atom. The van der Waals surface area contributed by atoms with E-state index in [0.29, 0.717) is 43.2 Å². The van der Waals surface area contributed by atoms with Gasteiger partial charge in [0.05, 0.1) is 20.6 Å². The van der Waals surface area contributed by atoms with E-state index in [2.05, 4.69) is 21.2 Å². The Bertz CT molecular complexity index is 1010. The van der Waals surface area contributed by atoms with Crippen LogP contribution in [0.4, 0.5) is 0 Å². The number of hydrogen-bond donors (Lipinski definition) is 1. The van der Waals surface area contributed by atoms with Crippen molar-refractivity contribution in [2.75, 3.05) is 20.8 Å². The average molecular weight is 484 g/mol. The number of rotatable bonds is 10. The maximum absolute atomic E-state index is 12.3. The van der Waals surface area contributed by atoms with E-state index in [1.165, 1.54) is 0 Å². The minimum atomic E-state index is -0.0272. The molecule has 0 fully saturated rings. The zero-order valence-electron chi connectivity index (χ0n) is 17.7. The molecule has 0 aliphatic carbocycles. The van der Waals surface area contributed by atoms with Gasteiger partial charge in [0, 0.05) is 16.6 Å². The lowest BCUT2D eigenvalue weighted by atomic mass is 10.1. The number of ether oxygens (including phenoxy) is 3. The second-order valence-electron chi connectivity index (χ2n) is 6.93. The van der Waals surface area contributed by atoms with Gasteiger partial charge in [0.2, 0.25) is 11.7 Å². The summed E-state index contributed by atoms with van der Waals surface area (Å²) in [4.78, 5) is 12.3. The van der Waals surface area contributed by atoms with E-state index in [1.807, 2.05) is 66.7 Å². The second kappa shape index (κ2) is 11.4. The molecule has 3 aromatic carbocycles. The lowest BCUT2D eigenvalue weighted by Gasteiger charge is -2.17. The van der Waals surface area contributed by atoms with Crippen LogP contribution < -0.4 is 19.5 Å². The lowest BCUT2D eigenvalue weighted by molar-refractivity contribution is -0.120. The molecule has 162 valence electrons. The van der Waals surface area contributed by atoms with Crippen molar-refractivity contribution < 1.29 is 19.0 Å².